The molecule has 0 spiro atoms. The maximum Gasteiger partial charge on any atom is 0.333 e. The summed E-state index contributed by atoms with van der Waals surface area (Å²) in [7, 11) is 0.0847. The van der Waals surface area contributed by atoms with Crippen molar-refractivity contribution in [2.45, 2.75) is 13.8 Å². The number of fused-ring (bicyclic) bond motifs is 3. The first-order valence-electron chi connectivity index (χ1n) is 10.5. The van der Waals surface area contributed by atoms with Crippen molar-refractivity contribution in [1.29, 1.82) is 0 Å². The summed E-state index contributed by atoms with van der Waals surface area (Å²) in [5, 5.41) is 5.19. The van der Waals surface area contributed by atoms with Crippen molar-refractivity contribution in [2.24, 2.45) is 14.1 Å². The number of aromatic nitrogens is 6. The number of aryl methyl sites for hydroxylation is 4. The van der Waals surface area contributed by atoms with Gasteiger partial charge in [0.25, 0.3) is 0 Å². The summed E-state index contributed by atoms with van der Waals surface area (Å²) >= 11 is 0. The molecule has 0 aliphatic rings. The van der Waals surface area contributed by atoms with Crippen LogP contribution in [0.3, 0.4) is 0 Å². The minimum Gasteiger partial charge on any atom is -0.293 e. The molecule has 1 aromatic carbocycles. The van der Waals surface area contributed by atoms with Gasteiger partial charge in [0.15, 0.2) is 0 Å². The predicted octanol–water partition coefficient (Wildman–Crippen LogP) is 2.66. The Morgan fingerprint density at radius 1 is 0.971 bits per heavy atom. The van der Waals surface area contributed by atoms with Gasteiger partial charge in [-0.15, -0.1) is 0 Å². The van der Waals surface area contributed by atoms with Crippen LogP contribution in [-0.2, 0) is 24.1 Å². The third-order valence-corrected chi connectivity index (χ3v) is 6.42. The van der Waals surface area contributed by atoms with Gasteiger partial charge >= 0.3 is 5.69 Å². The zero-order valence-corrected chi connectivity index (χ0v) is 20.2. The van der Waals surface area contributed by atoms with Crippen molar-refractivity contribution in [2.75, 3.05) is 11.0 Å². The summed E-state index contributed by atoms with van der Waals surface area (Å²) in [5.74, 6) is 0. The fraction of sp³-hybridized carbons (Fsp3) is 0.217. The van der Waals surface area contributed by atoms with E-state index in [1.54, 1.807) is 46.2 Å². The zero-order valence-electron chi connectivity index (χ0n) is 19.4. The molecule has 0 unspecified atom stereocenters. The maximum absolute atomic E-state index is 13.2. The monoisotopic (exact) mass is 477 g/mol. The first kappa shape index (κ1) is 21.8. The third kappa shape index (κ3) is 3.54. The van der Waals surface area contributed by atoms with Gasteiger partial charge in [-0.2, -0.15) is 5.10 Å². The van der Waals surface area contributed by atoms with Crippen molar-refractivity contribution in [3.05, 3.63) is 64.7 Å². The SMILES string of the molecule is Cc1ncc(-c2ccc3ncc4c(c3c2)n(-c2cn(C)nc2C)c(=O)n4C)cc1NS(C)(=O)=O. The number of pyridine rings is 2. The van der Waals surface area contributed by atoms with E-state index in [1.165, 1.54) is 0 Å². The van der Waals surface area contributed by atoms with E-state index < -0.39 is 10.0 Å². The van der Waals surface area contributed by atoms with Gasteiger partial charge in [-0.05, 0) is 37.6 Å². The van der Waals surface area contributed by atoms with Crippen LogP contribution in [-0.4, -0.2) is 43.6 Å². The van der Waals surface area contributed by atoms with Gasteiger partial charge in [0.05, 0.1) is 51.8 Å². The van der Waals surface area contributed by atoms with Crippen LogP contribution in [0.4, 0.5) is 5.69 Å². The van der Waals surface area contributed by atoms with Crippen molar-refractivity contribution in [3.63, 3.8) is 0 Å². The first-order chi connectivity index (χ1) is 16.0. The molecule has 0 aliphatic heterocycles. The number of hydrogen-bond donors (Lipinski definition) is 1. The van der Waals surface area contributed by atoms with Crippen LogP contribution >= 0.6 is 0 Å². The highest BCUT2D eigenvalue weighted by molar-refractivity contribution is 7.92. The molecule has 0 bridgehead atoms. The van der Waals surface area contributed by atoms with Crippen molar-refractivity contribution < 1.29 is 8.42 Å². The van der Waals surface area contributed by atoms with E-state index in [-0.39, 0.29) is 5.69 Å². The molecule has 0 aliphatic carbocycles. The Bertz CT molecular complexity index is 1780. The molecule has 11 heteroatoms. The topological polar surface area (TPSA) is 117 Å². The molecule has 4 aromatic heterocycles. The number of rotatable bonds is 4. The number of sulfonamides is 1. The molecule has 0 saturated carbocycles. The molecule has 34 heavy (non-hydrogen) atoms. The number of anilines is 1. The second kappa shape index (κ2) is 7.52. The quantitative estimate of drug-likeness (QED) is 0.425. The second-order valence-electron chi connectivity index (χ2n) is 8.41. The van der Waals surface area contributed by atoms with Gasteiger partial charge in [0.2, 0.25) is 10.0 Å². The van der Waals surface area contributed by atoms with E-state index in [1.807, 2.05) is 38.4 Å². The Morgan fingerprint density at radius 2 is 1.74 bits per heavy atom. The highest BCUT2D eigenvalue weighted by Gasteiger charge is 2.19. The van der Waals surface area contributed by atoms with Crippen molar-refractivity contribution in [3.8, 4) is 16.8 Å². The fourth-order valence-electron chi connectivity index (χ4n) is 4.20. The lowest BCUT2D eigenvalue weighted by Gasteiger charge is -2.11. The summed E-state index contributed by atoms with van der Waals surface area (Å²) in [6.07, 6.45) is 6.31. The lowest BCUT2D eigenvalue weighted by molar-refractivity contribution is 0.606. The smallest absolute Gasteiger partial charge is 0.293 e. The van der Waals surface area contributed by atoms with Gasteiger partial charge < -0.3 is 0 Å². The molecular weight excluding hydrogens is 454 g/mol. The summed E-state index contributed by atoms with van der Waals surface area (Å²) < 4.78 is 31.0. The Labute approximate surface area is 195 Å². The number of nitrogens with one attached hydrogen (secondary N) is 1. The molecular formula is C23H23N7O3S. The number of nitrogens with zero attached hydrogens (tertiary/aromatic N) is 6. The Morgan fingerprint density at radius 3 is 2.41 bits per heavy atom. The zero-order chi connectivity index (χ0) is 24.4. The minimum atomic E-state index is -3.45. The average Bonchev–Trinajstić information content (AvgIpc) is 3.23. The molecule has 0 radical (unpaired) electrons. The highest BCUT2D eigenvalue weighted by Crippen LogP contribution is 2.31. The lowest BCUT2D eigenvalue weighted by atomic mass is 10.0. The molecule has 0 amide bonds. The lowest BCUT2D eigenvalue weighted by Crippen LogP contribution is -2.21. The summed E-state index contributed by atoms with van der Waals surface area (Å²) in [5.41, 5.74) is 5.93. The molecule has 0 fully saturated rings. The van der Waals surface area contributed by atoms with Crippen LogP contribution < -0.4 is 10.4 Å². The molecule has 5 aromatic rings. The number of imidazole rings is 1. The van der Waals surface area contributed by atoms with E-state index in [2.05, 4.69) is 19.8 Å². The van der Waals surface area contributed by atoms with Crippen LogP contribution in [0.25, 0.3) is 38.8 Å². The average molecular weight is 478 g/mol. The summed E-state index contributed by atoms with van der Waals surface area (Å²) in [6.45, 7) is 3.60. The Hall–Kier alpha value is -3.99. The van der Waals surface area contributed by atoms with E-state index in [0.29, 0.717) is 22.6 Å². The van der Waals surface area contributed by atoms with E-state index in [0.717, 1.165) is 39.5 Å². The maximum atomic E-state index is 13.2. The van der Waals surface area contributed by atoms with Crippen LogP contribution in [0.15, 0.2) is 47.7 Å². The van der Waals surface area contributed by atoms with Gasteiger partial charge in [-0.25, -0.2) is 13.2 Å². The molecule has 0 atom stereocenters. The van der Waals surface area contributed by atoms with Crippen LogP contribution in [0, 0.1) is 13.8 Å². The number of benzene rings is 1. The molecule has 10 nitrogen and oxygen atoms in total. The van der Waals surface area contributed by atoms with Crippen molar-refractivity contribution >= 4 is 37.6 Å². The van der Waals surface area contributed by atoms with E-state index in [4.69, 9.17) is 0 Å². The first-order valence-corrected chi connectivity index (χ1v) is 12.4. The summed E-state index contributed by atoms with van der Waals surface area (Å²) in [4.78, 5) is 22.2. The number of hydrogen-bond acceptors (Lipinski definition) is 6. The molecule has 0 saturated heterocycles. The van der Waals surface area contributed by atoms with Crippen LogP contribution in [0.1, 0.15) is 11.4 Å². The summed E-state index contributed by atoms with van der Waals surface area (Å²) in [6, 6.07) is 7.48. The highest BCUT2D eigenvalue weighted by atomic mass is 32.2. The van der Waals surface area contributed by atoms with Crippen LogP contribution in [0.2, 0.25) is 0 Å². The van der Waals surface area contributed by atoms with E-state index in [9.17, 15) is 13.2 Å². The molecule has 4 heterocycles. The standard InChI is InChI=1S/C23H23N7O3S/c1-13-19(27-34(5,32)33)9-16(10-24-13)15-6-7-18-17(8-15)22-20(11-25-18)29(4)23(31)30(22)21-12-28(3)26-14(21)2/h6-12,27H,1-5H3. The Kier molecular flexibility index (Phi) is 4.83. The third-order valence-electron chi connectivity index (χ3n) is 5.83. The molecule has 1 N–H and O–H groups in total. The van der Waals surface area contributed by atoms with Crippen molar-refractivity contribution in [1.82, 2.24) is 28.9 Å². The normalized spacial score (nSPS) is 12.0. The van der Waals surface area contributed by atoms with Gasteiger partial charge in [-0.3, -0.25) is 28.5 Å². The largest absolute Gasteiger partial charge is 0.333 e. The Balaban J connectivity index is 1.80. The van der Waals surface area contributed by atoms with E-state index >= 15 is 0 Å². The van der Waals surface area contributed by atoms with Gasteiger partial charge in [0.1, 0.15) is 0 Å². The van der Waals surface area contributed by atoms with Gasteiger partial charge in [-0.1, -0.05) is 6.07 Å². The molecule has 174 valence electrons. The predicted molar refractivity (Wildman–Crippen MR) is 132 cm³/mol. The second-order valence-corrected chi connectivity index (χ2v) is 10.2. The fourth-order valence-corrected chi connectivity index (χ4v) is 4.81. The van der Waals surface area contributed by atoms with Crippen LogP contribution in [0.5, 0.6) is 0 Å². The molecule has 5 rings (SSSR count). The minimum absolute atomic E-state index is 0.192. The van der Waals surface area contributed by atoms with Gasteiger partial charge in [0, 0.05) is 37.4 Å².